The Morgan fingerprint density at radius 1 is 0.266 bits per heavy atom. The van der Waals surface area contributed by atoms with E-state index in [0.29, 0.717) is 19.3 Å². The molecule has 0 bridgehead atoms. The van der Waals surface area contributed by atoms with Gasteiger partial charge in [-0.15, -0.1) is 0 Å². The van der Waals surface area contributed by atoms with Crippen molar-refractivity contribution in [3.05, 3.63) is 48.6 Å². The molecule has 0 aliphatic heterocycles. The normalized spacial score (nSPS) is 12.3. The first-order valence-corrected chi connectivity index (χ1v) is 35.1. The van der Waals surface area contributed by atoms with E-state index in [1.807, 2.05) is 0 Å². The number of rotatable bonds is 65. The minimum absolute atomic E-state index is 0.0809. The minimum atomic E-state index is -0.788. The van der Waals surface area contributed by atoms with Crippen LogP contribution in [-0.4, -0.2) is 37.2 Å². The van der Waals surface area contributed by atoms with Crippen molar-refractivity contribution in [3.63, 3.8) is 0 Å². The van der Waals surface area contributed by atoms with Gasteiger partial charge in [-0.3, -0.25) is 14.4 Å². The molecule has 1 unspecified atom stereocenters. The maximum Gasteiger partial charge on any atom is 0.306 e. The third-order valence-corrected chi connectivity index (χ3v) is 15.8. The van der Waals surface area contributed by atoms with Gasteiger partial charge in [0.15, 0.2) is 6.10 Å². The molecule has 0 heterocycles. The summed E-state index contributed by atoms with van der Waals surface area (Å²) >= 11 is 0. The van der Waals surface area contributed by atoms with Gasteiger partial charge in [-0.25, -0.2) is 0 Å². The third kappa shape index (κ3) is 66.1. The number of carbonyl (C=O) groups is 3. The first-order valence-electron chi connectivity index (χ1n) is 35.1. The molecule has 0 saturated carbocycles. The molecule has 0 aliphatic rings. The van der Waals surface area contributed by atoms with Crippen molar-refractivity contribution in [1.29, 1.82) is 0 Å². The van der Waals surface area contributed by atoms with E-state index in [2.05, 4.69) is 69.4 Å². The predicted molar refractivity (Wildman–Crippen MR) is 344 cm³/mol. The molecule has 0 aromatic heterocycles. The molecule has 6 heteroatoms. The van der Waals surface area contributed by atoms with Gasteiger partial charge in [0.2, 0.25) is 0 Å². The first-order chi connectivity index (χ1) is 39.0. The zero-order chi connectivity index (χ0) is 57.1. The van der Waals surface area contributed by atoms with Gasteiger partial charge in [-0.05, 0) is 57.8 Å². The summed E-state index contributed by atoms with van der Waals surface area (Å²) in [7, 11) is 0. The fourth-order valence-electron chi connectivity index (χ4n) is 10.6. The molecule has 0 aromatic rings. The Labute approximate surface area is 492 Å². The van der Waals surface area contributed by atoms with Crippen molar-refractivity contribution in [3.8, 4) is 0 Å². The lowest BCUT2D eigenvalue weighted by atomic mass is 10.0. The van der Waals surface area contributed by atoms with Gasteiger partial charge in [-0.2, -0.15) is 0 Å². The van der Waals surface area contributed by atoms with E-state index in [1.165, 1.54) is 257 Å². The van der Waals surface area contributed by atoms with Crippen molar-refractivity contribution in [1.82, 2.24) is 0 Å². The number of hydrogen-bond donors (Lipinski definition) is 0. The van der Waals surface area contributed by atoms with Crippen LogP contribution in [0, 0.1) is 0 Å². The summed E-state index contributed by atoms with van der Waals surface area (Å²) in [5.74, 6) is -0.896. The van der Waals surface area contributed by atoms with E-state index in [9.17, 15) is 14.4 Å². The quantitative estimate of drug-likeness (QED) is 0.0261. The Morgan fingerprint density at radius 2 is 0.494 bits per heavy atom. The van der Waals surface area contributed by atoms with Gasteiger partial charge < -0.3 is 14.2 Å². The molecule has 0 N–H and O–H groups in total. The molecule has 0 radical (unpaired) electrons. The molecular weight excluding hydrogens is 973 g/mol. The monoisotopic (exact) mass is 1110 g/mol. The van der Waals surface area contributed by atoms with Crippen LogP contribution in [0.4, 0.5) is 0 Å². The molecular formula is C73H134O6. The maximum absolute atomic E-state index is 12.9. The van der Waals surface area contributed by atoms with Crippen LogP contribution in [0.5, 0.6) is 0 Å². The summed E-state index contributed by atoms with van der Waals surface area (Å²) in [5.41, 5.74) is 0. The van der Waals surface area contributed by atoms with E-state index in [1.54, 1.807) is 0 Å². The fourth-order valence-corrected chi connectivity index (χ4v) is 10.6. The average Bonchev–Trinajstić information content (AvgIpc) is 3.45. The lowest BCUT2D eigenvalue weighted by molar-refractivity contribution is -0.167. The highest BCUT2D eigenvalue weighted by molar-refractivity contribution is 5.71. The summed E-state index contributed by atoms with van der Waals surface area (Å²) in [4.78, 5) is 38.4. The van der Waals surface area contributed by atoms with Crippen LogP contribution in [0.1, 0.15) is 380 Å². The Hall–Kier alpha value is -2.63. The highest BCUT2D eigenvalue weighted by atomic mass is 16.6. The van der Waals surface area contributed by atoms with E-state index in [4.69, 9.17) is 14.2 Å². The summed E-state index contributed by atoms with van der Waals surface area (Å²) in [6.07, 6.45) is 85.8. The lowest BCUT2D eigenvalue weighted by Gasteiger charge is -2.18. The Balaban J connectivity index is 4.28. The molecule has 0 aliphatic carbocycles. The van der Waals surface area contributed by atoms with Crippen molar-refractivity contribution >= 4 is 17.9 Å². The van der Waals surface area contributed by atoms with Gasteiger partial charge in [0.25, 0.3) is 0 Å². The zero-order valence-electron chi connectivity index (χ0n) is 53.2. The van der Waals surface area contributed by atoms with E-state index in [-0.39, 0.29) is 31.1 Å². The second-order valence-electron chi connectivity index (χ2n) is 23.8. The number of hydrogen-bond acceptors (Lipinski definition) is 6. The first kappa shape index (κ1) is 76.4. The predicted octanol–water partition coefficient (Wildman–Crippen LogP) is 24.1. The van der Waals surface area contributed by atoms with Gasteiger partial charge >= 0.3 is 17.9 Å². The Kier molecular flexibility index (Phi) is 65.6. The fraction of sp³-hybridized carbons (Fsp3) is 0.849. The van der Waals surface area contributed by atoms with Crippen molar-refractivity contribution in [2.24, 2.45) is 0 Å². The molecule has 0 saturated heterocycles. The molecule has 6 nitrogen and oxygen atoms in total. The Bertz CT molecular complexity index is 1360. The van der Waals surface area contributed by atoms with Crippen LogP contribution < -0.4 is 0 Å². The molecule has 79 heavy (non-hydrogen) atoms. The van der Waals surface area contributed by atoms with Crippen LogP contribution in [0.25, 0.3) is 0 Å². The SMILES string of the molecule is CC/C=C\C/C=C\C/C=C\C/C=C\CCCCC(=O)OCC(COC(=O)CCCCCCCCCCCCCCCCCCCCCCCCCCC)OC(=O)CCCCCCCCCCCCCCCCCCCCCCC. The number of ether oxygens (including phenoxy) is 3. The van der Waals surface area contributed by atoms with E-state index in [0.717, 1.165) is 83.5 Å². The van der Waals surface area contributed by atoms with Gasteiger partial charge in [0.05, 0.1) is 0 Å². The molecule has 1 atom stereocenters. The summed E-state index contributed by atoms with van der Waals surface area (Å²) in [6, 6.07) is 0. The second-order valence-corrected chi connectivity index (χ2v) is 23.8. The van der Waals surface area contributed by atoms with Crippen molar-refractivity contribution < 1.29 is 28.6 Å². The number of carbonyl (C=O) groups excluding carboxylic acids is 3. The molecule has 0 spiro atoms. The van der Waals surface area contributed by atoms with E-state index < -0.39 is 6.10 Å². The van der Waals surface area contributed by atoms with Gasteiger partial charge in [0, 0.05) is 19.3 Å². The molecule has 0 amide bonds. The molecule has 462 valence electrons. The highest BCUT2D eigenvalue weighted by Crippen LogP contribution is 2.19. The van der Waals surface area contributed by atoms with Gasteiger partial charge in [0.1, 0.15) is 13.2 Å². The van der Waals surface area contributed by atoms with E-state index >= 15 is 0 Å². The average molecular weight is 1110 g/mol. The molecule has 0 rings (SSSR count). The van der Waals surface area contributed by atoms with Crippen molar-refractivity contribution in [2.75, 3.05) is 13.2 Å². The van der Waals surface area contributed by atoms with Crippen LogP contribution in [0.3, 0.4) is 0 Å². The Morgan fingerprint density at radius 3 is 0.772 bits per heavy atom. The number of esters is 3. The van der Waals surface area contributed by atoms with Crippen LogP contribution in [0.15, 0.2) is 48.6 Å². The largest absolute Gasteiger partial charge is 0.462 e. The summed E-state index contributed by atoms with van der Waals surface area (Å²) in [6.45, 7) is 6.57. The maximum atomic E-state index is 12.9. The zero-order valence-corrected chi connectivity index (χ0v) is 53.2. The molecule has 0 fully saturated rings. The van der Waals surface area contributed by atoms with Crippen LogP contribution in [0.2, 0.25) is 0 Å². The van der Waals surface area contributed by atoms with Crippen LogP contribution in [-0.2, 0) is 28.6 Å². The third-order valence-electron chi connectivity index (χ3n) is 15.8. The van der Waals surface area contributed by atoms with Crippen molar-refractivity contribution in [2.45, 2.75) is 386 Å². The second kappa shape index (κ2) is 67.9. The number of allylic oxidation sites excluding steroid dienone is 8. The number of unbranched alkanes of at least 4 members (excludes halogenated alkanes) is 46. The minimum Gasteiger partial charge on any atom is -0.462 e. The van der Waals surface area contributed by atoms with Crippen LogP contribution >= 0.6 is 0 Å². The smallest absolute Gasteiger partial charge is 0.306 e. The topological polar surface area (TPSA) is 78.9 Å². The summed E-state index contributed by atoms with van der Waals surface area (Å²) < 4.78 is 17.0. The lowest BCUT2D eigenvalue weighted by Crippen LogP contribution is -2.30. The standard InChI is InChI=1S/C73H134O6/c1-4-7-10-13-16-19-22-25-28-30-32-34-35-36-37-39-40-42-45-48-51-54-57-60-63-66-72(75)78-69-70(68-77-71(74)65-62-59-56-53-50-47-44-27-24-21-18-15-12-9-6-3)79-73(76)67-64-61-58-55-52-49-46-43-41-38-33-31-29-26-23-20-17-14-11-8-5-2/h9,12,18,21,27,44,50,53,70H,4-8,10-11,13-17,19-20,22-26,28-43,45-49,51-52,54-69H2,1-3H3/b12-9-,21-18-,44-27-,53-50-. The van der Waals surface area contributed by atoms with Gasteiger partial charge in [-0.1, -0.05) is 352 Å². The molecule has 0 aromatic carbocycles. The highest BCUT2D eigenvalue weighted by Gasteiger charge is 2.19. The summed E-state index contributed by atoms with van der Waals surface area (Å²) in [5, 5.41) is 0.